The van der Waals surface area contributed by atoms with Crippen LogP contribution in [0, 0.1) is 23.7 Å². The third kappa shape index (κ3) is 4.05. The van der Waals surface area contributed by atoms with Gasteiger partial charge in [0.15, 0.2) is 0 Å². The lowest BCUT2D eigenvalue weighted by atomic mass is 9.91. The molecule has 0 aliphatic heterocycles. The highest BCUT2D eigenvalue weighted by Crippen LogP contribution is 2.20. The highest BCUT2D eigenvalue weighted by molar-refractivity contribution is 7.89. The summed E-state index contributed by atoms with van der Waals surface area (Å²) in [4.78, 5) is 0.205. The molecular formula is C14H20N2O2S. The Hall–Kier alpha value is -1.38. The van der Waals surface area contributed by atoms with Crippen LogP contribution >= 0.6 is 0 Å². The summed E-state index contributed by atoms with van der Waals surface area (Å²) in [6, 6.07) is 6.55. The Labute approximate surface area is 115 Å². The van der Waals surface area contributed by atoms with E-state index >= 15 is 0 Å². The zero-order chi connectivity index (χ0) is 14.7. The lowest BCUT2D eigenvalue weighted by Gasteiger charge is -2.22. The van der Waals surface area contributed by atoms with Crippen molar-refractivity contribution in [3.63, 3.8) is 0 Å². The van der Waals surface area contributed by atoms with Crippen LogP contribution in [0.15, 0.2) is 23.1 Å². The molecule has 0 aromatic heterocycles. The molecule has 0 aliphatic carbocycles. The molecule has 4 nitrogen and oxygen atoms in total. The largest absolute Gasteiger partial charge is 0.240 e. The van der Waals surface area contributed by atoms with Gasteiger partial charge in [-0.25, -0.2) is 13.1 Å². The monoisotopic (exact) mass is 280 g/mol. The van der Waals surface area contributed by atoms with Gasteiger partial charge in [-0.2, -0.15) is 5.26 Å². The Balaban J connectivity index is 2.96. The van der Waals surface area contributed by atoms with E-state index in [4.69, 9.17) is 5.26 Å². The van der Waals surface area contributed by atoms with E-state index < -0.39 is 10.0 Å². The molecule has 0 bridgehead atoms. The van der Waals surface area contributed by atoms with Crippen LogP contribution in [0.2, 0.25) is 0 Å². The molecule has 104 valence electrons. The Morgan fingerprint density at radius 1 is 1.37 bits per heavy atom. The fraction of sp³-hybridized carbons (Fsp3) is 0.500. The van der Waals surface area contributed by atoms with Crippen molar-refractivity contribution >= 4 is 10.0 Å². The van der Waals surface area contributed by atoms with Crippen molar-refractivity contribution in [2.75, 3.05) is 6.54 Å². The average molecular weight is 280 g/mol. The van der Waals surface area contributed by atoms with E-state index in [1.165, 1.54) is 18.2 Å². The number of nitriles is 1. The predicted octanol–water partition coefficient (Wildman–Crippen LogP) is 2.58. The van der Waals surface area contributed by atoms with Crippen LogP contribution in [-0.4, -0.2) is 15.0 Å². The number of hydrogen-bond acceptors (Lipinski definition) is 3. The van der Waals surface area contributed by atoms with Crippen molar-refractivity contribution < 1.29 is 8.42 Å². The molecule has 0 saturated heterocycles. The second kappa shape index (κ2) is 5.72. The summed E-state index contributed by atoms with van der Waals surface area (Å²) >= 11 is 0. The fourth-order valence-corrected chi connectivity index (χ4v) is 2.75. The molecule has 0 fully saturated rings. The van der Waals surface area contributed by atoms with Crippen molar-refractivity contribution in [3.8, 4) is 6.07 Å². The van der Waals surface area contributed by atoms with E-state index in [2.05, 4.69) is 4.72 Å². The molecule has 0 radical (unpaired) electrons. The van der Waals surface area contributed by atoms with E-state index in [-0.39, 0.29) is 10.3 Å². The summed E-state index contributed by atoms with van der Waals surface area (Å²) in [6.45, 7) is 8.18. The molecule has 5 heteroatoms. The van der Waals surface area contributed by atoms with Crippen molar-refractivity contribution in [1.82, 2.24) is 4.72 Å². The molecule has 0 atom stereocenters. The van der Waals surface area contributed by atoms with Gasteiger partial charge in [-0.15, -0.1) is 0 Å². The van der Waals surface area contributed by atoms with Gasteiger partial charge in [0.05, 0.1) is 16.5 Å². The number of rotatable bonds is 5. The third-order valence-electron chi connectivity index (χ3n) is 3.33. The van der Waals surface area contributed by atoms with E-state index in [1.54, 1.807) is 6.92 Å². The average Bonchev–Trinajstić information content (AvgIpc) is 2.36. The van der Waals surface area contributed by atoms with Crippen LogP contribution in [0.3, 0.4) is 0 Å². The van der Waals surface area contributed by atoms with Gasteiger partial charge in [0.25, 0.3) is 0 Å². The van der Waals surface area contributed by atoms with Crippen molar-refractivity contribution in [3.05, 3.63) is 29.3 Å². The van der Waals surface area contributed by atoms with Crippen molar-refractivity contribution in [2.45, 2.75) is 39.0 Å². The normalized spacial score (nSPS) is 12.2. The minimum absolute atomic E-state index is 0.0747. The number of benzene rings is 1. The van der Waals surface area contributed by atoms with Crippen LogP contribution in [0.25, 0.3) is 0 Å². The van der Waals surface area contributed by atoms with Crippen molar-refractivity contribution in [1.29, 1.82) is 5.26 Å². The lowest BCUT2D eigenvalue weighted by molar-refractivity contribution is 0.350. The van der Waals surface area contributed by atoms with Gasteiger partial charge in [0.2, 0.25) is 10.0 Å². The van der Waals surface area contributed by atoms with Gasteiger partial charge in [-0.05, 0) is 42.5 Å². The zero-order valence-electron chi connectivity index (χ0n) is 11.8. The second-order valence-corrected chi connectivity index (χ2v) is 7.20. The van der Waals surface area contributed by atoms with Crippen molar-refractivity contribution in [2.24, 2.45) is 5.41 Å². The lowest BCUT2D eigenvalue weighted by Crippen LogP contribution is -2.33. The summed E-state index contributed by atoms with van der Waals surface area (Å²) in [5.74, 6) is 0. The fourth-order valence-electron chi connectivity index (χ4n) is 1.43. The van der Waals surface area contributed by atoms with Crippen LogP contribution in [0.1, 0.15) is 38.3 Å². The first-order chi connectivity index (χ1) is 8.72. The zero-order valence-corrected chi connectivity index (χ0v) is 12.6. The molecule has 19 heavy (non-hydrogen) atoms. The van der Waals surface area contributed by atoms with Gasteiger partial charge in [-0.3, -0.25) is 0 Å². The number of hydrogen-bond donors (Lipinski definition) is 1. The first-order valence-corrected chi connectivity index (χ1v) is 7.70. The topological polar surface area (TPSA) is 70.0 Å². The SMILES string of the molecule is CCC(C)(C)CNS(=O)(=O)c1ccc(C#N)c(C)c1. The molecule has 0 saturated carbocycles. The summed E-state index contributed by atoms with van der Waals surface area (Å²) in [6.07, 6.45) is 0.891. The van der Waals surface area contributed by atoms with E-state index in [9.17, 15) is 8.42 Å². The van der Waals surface area contributed by atoms with Gasteiger partial charge in [-0.1, -0.05) is 20.8 Å². The smallest absolute Gasteiger partial charge is 0.211 e. The van der Waals surface area contributed by atoms with Gasteiger partial charge in [0, 0.05) is 6.54 Å². The first-order valence-electron chi connectivity index (χ1n) is 6.22. The van der Waals surface area contributed by atoms with Gasteiger partial charge >= 0.3 is 0 Å². The van der Waals surface area contributed by atoms with Gasteiger partial charge in [0.1, 0.15) is 0 Å². The van der Waals surface area contributed by atoms with Crippen LogP contribution < -0.4 is 4.72 Å². The summed E-state index contributed by atoms with van der Waals surface area (Å²) in [7, 11) is -3.51. The molecule has 1 rings (SSSR count). The number of sulfonamides is 1. The maximum Gasteiger partial charge on any atom is 0.240 e. The third-order valence-corrected chi connectivity index (χ3v) is 4.73. The van der Waals surface area contributed by atoms with Crippen LogP contribution in [-0.2, 0) is 10.0 Å². The maximum atomic E-state index is 12.2. The highest BCUT2D eigenvalue weighted by Gasteiger charge is 2.21. The minimum atomic E-state index is -3.51. The molecule has 1 aromatic carbocycles. The summed E-state index contributed by atoms with van der Waals surface area (Å²) in [5, 5.41) is 8.84. The first kappa shape index (κ1) is 15.7. The Morgan fingerprint density at radius 3 is 2.47 bits per heavy atom. The Bertz CT molecular complexity index is 598. The van der Waals surface area contributed by atoms with Crippen LogP contribution in [0.4, 0.5) is 0 Å². The molecule has 1 aromatic rings. The Morgan fingerprint density at radius 2 is 2.00 bits per heavy atom. The molecule has 0 unspecified atom stereocenters. The van der Waals surface area contributed by atoms with E-state index in [0.29, 0.717) is 17.7 Å². The quantitative estimate of drug-likeness (QED) is 0.901. The van der Waals surface area contributed by atoms with Gasteiger partial charge < -0.3 is 0 Å². The number of nitrogens with one attached hydrogen (secondary N) is 1. The standard InChI is InChI=1S/C14H20N2O2S/c1-5-14(3,4)10-16-19(17,18)13-7-6-12(9-15)11(2)8-13/h6-8,16H,5,10H2,1-4H3. The maximum absolute atomic E-state index is 12.2. The highest BCUT2D eigenvalue weighted by atomic mass is 32.2. The molecule has 0 aliphatic rings. The van der Waals surface area contributed by atoms with E-state index in [1.807, 2.05) is 26.8 Å². The molecular weight excluding hydrogens is 260 g/mol. The van der Waals surface area contributed by atoms with Crippen LogP contribution in [0.5, 0.6) is 0 Å². The second-order valence-electron chi connectivity index (χ2n) is 5.43. The molecule has 0 spiro atoms. The Kier molecular flexibility index (Phi) is 4.72. The minimum Gasteiger partial charge on any atom is -0.211 e. The molecule has 0 heterocycles. The molecule has 1 N–H and O–H groups in total. The predicted molar refractivity (Wildman–Crippen MR) is 75.2 cm³/mol. The number of nitrogens with zero attached hydrogens (tertiary/aromatic N) is 1. The summed E-state index contributed by atoms with van der Waals surface area (Å²) < 4.78 is 26.9. The number of aryl methyl sites for hydroxylation is 1. The molecule has 0 amide bonds. The van der Waals surface area contributed by atoms with E-state index in [0.717, 1.165) is 6.42 Å². The summed E-state index contributed by atoms with van der Waals surface area (Å²) in [5.41, 5.74) is 1.09.